The number of alkyl halides is 3. The highest BCUT2D eigenvalue weighted by Gasteiger charge is 2.35. The molecule has 0 saturated heterocycles. The average Bonchev–Trinajstić information content (AvgIpc) is 3.11. The predicted molar refractivity (Wildman–Crippen MR) is 93.6 cm³/mol. The summed E-state index contributed by atoms with van der Waals surface area (Å²) in [6.45, 7) is 2.25. The number of hydrogen-bond acceptors (Lipinski definition) is 3. The van der Waals surface area contributed by atoms with Crippen molar-refractivity contribution in [2.75, 3.05) is 6.61 Å². The first-order valence-electron chi connectivity index (χ1n) is 8.14. The molecule has 0 bridgehead atoms. The monoisotopic (exact) mass is 361 g/mol. The molecule has 2 aromatic carbocycles. The van der Waals surface area contributed by atoms with Gasteiger partial charge in [-0.2, -0.15) is 13.2 Å². The summed E-state index contributed by atoms with van der Waals surface area (Å²) < 4.78 is 50.5. The highest BCUT2D eigenvalue weighted by Crippen LogP contribution is 2.39. The van der Waals surface area contributed by atoms with E-state index >= 15 is 0 Å². The largest absolute Gasteiger partial charge is 0.493 e. The molecule has 0 radical (unpaired) electrons. The quantitative estimate of drug-likeness (QED) is 0.654. The smallest absolute Gasteiger partial charge is 0.419 e. The number of hydrogen-bond donors (Lipinski definition) is 1. The minimum absolute atomic E-state index is 0.159. The maximum Gasteiger partial charge on any atom is 0.419 e. The molecular weight excluding hydrogens is 343 g/mol. The standard InChI is InChI=1S/C20H18F3NO2/c1-2-25-18-8-7-15(9-17(18)20(21,22)23)19-10-16(12-26-19)14-5-3-13(11-24)4-6-14/h3-10,12H,2,11,24H2,1H3. The lowest BCUT2D eigenvalue weighted by atomic mass is 10.0. The molecule has 0 saturated carbocycles. The molecule has 1 aromatic heterocycles. The molecule has 2 N–H and O–H groups in total. The second kappa shape index (κ2) is 7.25. The van der Waals surface area contributed by atoms with Gasteiger partial charge in [-0.05, 0) is 42.3 Å². The lowest BCUT2D eigenvalue weighted by molar-refractivity contribution is -0.138. The zero-order chi connectivity index (χ0) is 18.7. The molecule has 1 heterocycles. The van der Waals surface area contributed by atoms with Crippen LogP contribution in [-0.4, -0.2) is 6.61 Å². The molecule has 0 aliphatic rings. The van der Waals surface area contributed by atoms with Crippen LogP contribution in [0.1, 0.15) is 18.1 Å². The number of ether oxygens (including phenoxy) is 1. The Morgan fingerprint density at radius 2 is 1.65 bits per heavy atom. The molecule has 0 fully saturated rings. The summed E-state index contributed by atoms with van der Waals surface area (Å²) >= 11 is 0. The molecule has 0 spiro atoms. The highest BCUT2D eigenvalue weighted by molar-refractivity contribution is 5.70. The maximum atomic E-state index is 13.3. The summed E-state index contributed by atoms with van der Waals surface area (Å²) in [5.41, 5.74) is 7.79. The fraction of sp³-hybridized carbons (Fsp3) is 0.200. The molecule has 3 nitrogen and oxygen atoms in total. The van der Waals surface area contributed by atoms with Gasteiger partial charge < -0.3 is 14.9 Å². The summed E-state index contributed by atoms with van der Waals surface area (Å²) in [5, 5.41) is 0. The van der Waals surface area contributed by atoms with Gasteiger partial charge in [0.1, 0.15) is 11.5 Å². The van der Waals surface area contributed by atoms with Crippen LogP contribution in [0, 0.1) is 0 Å². The lowest BCUT2D eigenvalue weighted by Gasteiger charge is -2.14. The molecule has 0 aliphatic heterocycles. The van der Waals surface area contributed by atoms with E-state index in [2.05, 4.69) is 0 Å². The number of nitrogens with two attached hydrogens (primary N) is 1. The number of furan rings is 1. The first-order chi connectivity index (χ1) is 12.4. The third-order valence-corrected chi connectivity index (χ3v) is 3.99. The predicted octanol–water partition coefficient (Wildman–Crippen LogP) is 5.49. The van der Waals surface area contributed by atoms with Crippen LogP contribution in [0.2, 0.25) is 0 Å². The van der Waals surface area contributed by atoms with E-state index in [9.17, 15) is 13.2 Å². The fourth-order valence-corrected chi connectivity index (χ4v) is 2.66. The van der Waals surface area contributed by atoms with Gasteiger partial charge in [0.05, 0.1) is 18.4 Å². The van der Waals surface area contributed by atoms with E-state index in [-0.39, 0.29) is 12.4 Å². The summed E-state index contributed by atoms with van der Waals surface area (Å²) in [6.07, 6.45) is -2.98. The molecule has 0 aliphatic carbocycles. The van der Waals surface area contributed by atoms with Gasteiger partial charge in [0.25, 0.3) is 0 Å². The Labute approximate surface area is 149 Å². The first-order valence-corrected chi connectivity index (χ1v) is 8.14. The van der Waals surface area contributed by atoms with E-state index in [1.54, 1.807) is 19.1 Å². The third-order valence-electron chi connectivity index (χ3n) is 3.99. The highest BCUT2D eigenvalue weighted by atomic mass is 19.4. The van der Waals surface area contributed by atoms with Crippen molar-refractivity contribution < 1.29 is 22.3 Å². The van der Waals surface area contributed by atoms with Gasteiger partial charge in [0.2, 0.25) is 0 Å². The molecule has 3 rings (SSSR count). The van der Waals surface area contributed by atoms with Crippen molar-refractivity contribution in [3.8, 4) is 28.2 Å². The summed E-state index contributed by atoms with van der Waals surface area (Å²) in [4.78, 5) is 0. The Hall–Kier alpha value is -2.73. The number of halogens is 3. The Kier molecular flexibility index (Phi) is 5.04. The molecular formula is C20H18F3NO2. The van der Waals surface area contributed by atoms with Crippen LogP contribution in [-0.2, 0) is 12.7 Å². The summed E-state index contributed by atoms with van der Waals surface area (Å²) in [7, 11) is 0. The Morgan fingerprint density at radius 3 is 2.27 bits per heavy atom. The zero-order valence-corrected chi connectivity index (χ0v) is 14.1. The number of rotatable bonds is 5. The summed E-state index contributed by atoms with van der Waals surface area (Å²) in [5.74, 6) is 0.171. The molecule has 3 aromatic rings. The van der Waals surface area contributed by atoms with Crippen LogP contribution < -0.4 is 10.5 Å². The second-order valence-corrected chi connectivity index (χ2v) is 5.74. The van der Waals surface area contributed by atoms with Crippen molar-refractivity contribution in [3.63, 3.8) is 0 Å². The van der Waals surface area contributed by atoms with Crippen LogP contribution >= 0.6 is 0 Å². The summed E-state index contributed by atoms with van der Waals surface area (Å²) in [6, 6.07) is 13.2. The van der Waals surface area contributed by atoms with Crippen LogP contribution in [0.5, 0.6) is 5.75 Å². The van der Waals surface area contributed by atoms with Crippen molar-refractivity contribution in [2.45, 2.75) is 19.6 Å². The maximum absolute atomic E-state index is 13.3. The van der Waals surface area contributed by atoms with Crippen molar-refractivity contribution in [2.24, 2.45) is 5.73 Å². The van der Waals surface area contributed by atoms with E-state index in [4.69, 9.17) is 14.9 Å². The van der Waals surface area contributed by atoms with Crippen LogP contribution in [0.25, 0.3) is 22.5 Å². The Morgan fingerprint density at radius 1 is 0.962 bits per heavy atom. The van der Waals surface area contributed by atoms with Crippen molar-refractivity contribution in [1.82, 2.24) is 0 Å². The second-order valence-electron chi connectivity index (χ2n) is 5.74. The fourth-order valence-electron chi connectivity index (χ4n) is 2.66. The zero-order valence-electron chi connectivity index (χ0n) is 14.1. The van der Waals surface area contributed by atoms with Crippen LogP contribution in [0.3, 0.4) is 0 Å². The normalized spacial score (nSPS) is 11.6. The van der Waals surface area contributed by atoms with Gasteiger partial charge in [-0.25, -0.2) is 0 Å². The van der Waals surface area contributed by atoms with Crippen LogP contribution in [0.15, 0.2) is 59.2 Å². The minimum Gasteiger partial charge on any atom is -0.493 e. The molecule has 0 unspecified atom stereocenters. The lowest BCUT2D eigenvalue weighted by Crippen LogP contribution is -2.08. The third kappa shape index (κ3) is 3.75. The van der Waals surface area contributed by atoms with Crippen LogP contribution in [0.4, 0.5) is 13.2 Å². The van der Waals surface area contributed by atoms with Crippen molar-refractivity contribution in [1.29, 1.82) is 0 Å². The van der Waals surface area contributed by atoms with Gasteiger partial charge in [0.15, 0.2) is 0 Å². The molecule has 26 heavy (non-hydrogen) atoms. The molecule has 0 atom stereocenters. The van der Waals surface area contributed by atoms with Gasteiger partial charge >= 0.3 is 6.18 Å². The Bertz CT molecular complexity index is 883. The minimum atomic E-state index is -4.51. The van der Waals surface area contributed by atoms with E-state index in [1.165, 1.54) is 12.3 Å². The number of benzene rings is 2. The van der Waals surface area contributed by atoms with Gasteiger partial charge in [-0.1, -0.05) is 24.3 Å². The first kappa shape index (κ1) is 18.1. The van der Waals surface area contributed by atoms with Gasteiger partial charge in [-0.15, -0.1) is 0 Å². The average molecular weight is 361 g/mol. The van der Waals surface area contributed by atoms with Gasteiger partial charge in [0, 0.05) is 17.7 Å². The van der Waals surface area contributed by atoms with Crippen molar-refractivity contribution >= 4 is 0 Å². The van der Waals surface area contributed by atoms with E-state index in [0.29, 0.717) is 17.9 Å². The van der Waals surface area contributed by atoms with Crippen molar-refractivity contribution in [3.05, 3.63) is 65.9 Å². The van der Waals surface area contributed by atoms with E-state index in [1.807, 2.05) is 24.3 Å². The topological polar surface area (TPSA) is 48.4 Å². The van der Waals surface area contributed by atoms with Gasteiger partial charge in [-0.3, -0.25) is 0 Å². The van der Waals surface area contributed by atoms with E-state index in [0.717, 1.165) is 22.8 Å². The SMILES string of the molecule is CCOc1ccc(-c2cc(-c3ccc(CN)cc3)co2)cc1C(F)(F)F. The molecule has 6 heteroatoms. The van der Waals surface area contributed by atoms with E-state index < -0.39 is 11.7 Å². The Balaban J connectivity index is 1.95. The molecule has 136 valence electrons. The molecule has 0 amide bonds.